The molecule has 1 spiro atoms. The number of nitrogens with zero attached hydrogens (tertiary/aromatic N) is 1. The lowest BCUT2D eigenvalue weighted by atomic mass is 9.70. The van der Waals surface area contributed by atoms with E-state index in [0.29, 0.717) is 19.4 Å². The van der Waals surface area contributed by atoms with E-state index in [4.69, 9.17) is 4.74 Å². The van der Waals surface area contributed by atoms with E-state index in [9.17, 15) is 19.5 Å². The molecule has 3 fully saturated rings. The third-order valence-electron chi connectivity index (χ3n) is 7.18. The van der Waals surface area contributed by atoms with Crippen molar-refractivity contribution in [1.82, 2.24) is 10.2 Å². The van der Waals surface area contributed by atoms with Crippen LogP contribution in [0.2, 0.25) is 0 Å². The van der Waals surface area contributed by atoms with Crippen molar-refractivity contribution in [1.29, 1.82) is 0 Å². The highest BCUT2D eigenvalue weighted by Gasteiger charge is 2.76. The van der Waals surface area contributed by atoms with Gasteiger partial charge in [0.05, 0.1) is 17.9 Å². The smallest absolute Gasteiger partial charge is 0.250 e. The second-order valence-electron chi connectivity index (χ2n) is 9.32. The van der Waals surface area contributed by atoms with Gasteiger partial charge in [0.15, 0.2) is 0 Å². The third kappa shape index (κ3) is 3.88. The van der Waals surface area contributed by atoms with E-state index in [1.54, 1.807) is 0 Å². The van der Waals surface area contributed by atoms with Gasteiger partial charge in [0, 0.05) is 30.2 Å². The molecule has 1 aromatic rings. The average molecular weight is 522 g/mol. The molecule has 1 aromatic carbocycles. The predicted molar refractivity (Wildman–Crippen MR) is 127 cm³/mol. The van der Waals surface area contributed by atoms with E-state index in [2.05, 4.69) is 26.6 Å². The van der Waals surface area contributed by atoms with Gasteiger partial charge in [-0.1, -0.05) is 41.1 Å². The van der Waals surface area contributed by atoms with Crippen molar-refractivity contribution in [3.63, 3.8) is 0 Å². The number of hydrogen-bond donors (Lipinski definition) is 3. The molecule has 0 aliphatic carbocycles. The number of para-hydroxylation sites is 1. The van der Waals surface area contributed by atoms with Crippen molar-refractivity contribution in [2.75, 3.05) is 25.0 Å². The number of carbonyl (C=O) groups is 3. The fraction of sp³-hybridized carbons (Fsp3) is 0.625. The molecule has 3 unspecified atom stereocenters. The number of nitrogens with one attached hydrogen (secondary N) is 2. The van der Waals surface area contributed by atoms with Gasteiger partial charge in [-0.05, 0) is 44.2 Å². The minimum absolute atomic E-state index is 0.0996. The van der Waals surface area contributed by atoms with E-state index in [-0.39, 0.29) is 35.7 Å². The van der Waals surface area contributed by atoms with Crippen molar-refractivity contribution >= 4 is 39.3 Å². The van der Waals surface area contributed by atoms with Crippen LogP contribution in [-0.4, -0.2) is 70.0 Å². The van der Waals surface area contributed by atoms with Crippen molar-refractivity contribution in [3.05, 3.63) is 29.3 Å². The zero-order chi connectivity index (χ0) is 23.9. The van der Waals surface area contributed by atoms with Gasteiger partial charge < -0.3 is 25.4 Å². The van der Waals surface area contributed by atoms with Crippen LogP contribution in [0, 0.1) is 25.7 Å². The normalized spacial score (nSPS) is 32.2. The number of aliphatic hydroxyl groups excluding tert-OH is 1. The molecule has 2 bridgehead atoms. The predicted octanol–water partition coefficient (Wildman–Crippen LogP) is 1.90. The van der Waals surface area contributed by atoms with Crippen molar-refractivity contribution in [3.8, 4) is 0 Å². The van der Waals surface area contributed by atoms with E-state index >= 15 is 0 Å². The second-order valence-corrected chi connectivity index (χ2v) is 10.5. The maximum absolute atomic E-state index is 13.8. The summed E-state index contributed by atoms with van der Waals surface area (Å²) in [7, 11) is 0. The van der Waals surface area contributed by atoms with Gasteiger partial charge in [-0.3, -0.25) is 14.4 Å². The first-order chi connectivity index (χ1) is 15.8. The average Bonchev–Trinajstić information content (AvgIpc) is 3.36. The fourth-order valence-electron chi connectivity index (χ4n) is 5.78. The van der Waals surface area contributed by atoms with Gasteiger partial charge in [-0.2, -0.15) is 0 Å². The standard InChI is InChI=1S/C24H32BrN3O5/c1-4-9-26-21(30)16-17-23(32)28(10-6-11-29)20(24(17)12-15(25)19(16)33-24)22(31)27-18-13(2)7-5-8-14(18)3/h5,7-8,15-17,19-20,29H,4,6,9-12H2,1-3H3,(H,26,30)(H,27,31)/t15?,16-,17-,19-,20?,24?/m0/s1. The number of benzene rings is 1. The highest BCUT2D eigenvalue weighted by Crippen LogP contribution is 2.60. The number of hydrogen-bond acceptors (Lipinski definition) is 5. The van der Waals surface area contributed by atoms with Crippen molar-refractivity contribution < 1.29 is 24.2 Å². The van der Waals surface area contributed by atoms with Crippen LogP contribution in [0.15, 0.2) is 18.2 Å². The second kappa shape index (κ2) is 9.35. The Morgan fingerprint density at radius 2 is 1.97 bits per heavy atom. The number of carbonyl (C=O) groups excluding carboxylic acids is 3. The number of aliphatic hydroxyl groups is 1. The quantitative estimate of drug-likeness (QED) is 0.452. The topological polar surface area (TPSA) is 108 Å². The Labute approximate surface area is 202 Å². The monoisotopic (exact) mass is 521 g/mol. The Hall–Kier alpha value is -1.97. The molecular weight excluding hydrogens is 490 g/mol. The van der Waals surface area contributed by atoms with E-state index in [0.717, 1.165) is 23.2 Å². The lowest BCUT2D eigenvalue weighted by Gasteiger charge is -2.34. The first-order valence-corrected chi connectivity index (χ1v) is 12.6. The van der Waals surface area contributed by atoms with Gasteiger partial charge in [0.2, 0.25) is 17.7 Å². The molecule has 3 N–H and O–H groups in total. The minimum atomic E-state index is -1.08. The van der Waals surface area contributed by atoms with Crippen molar-refractivity contribution in [2.45, 2.75) is 62.6 Å². The van der Waals surface area contributed by atoms with Crippen LogP contribution in [0.4, 0.5) is 5.69 Å². The summed E-state index contributed by atoms with van der Waals surface area (Å²) in [5.74, 6) is -2.15. The first kappa shape index (κ1) is 24.2. The van der Waals surface area contributed by atoms with Crippen LogP contribution >= 0.6 is 15.9 Å². The van der Waals surface area contributed by atoms with Gasteiger partial charge in [-0.15, -0.1) is 0 Å². The third-order valence-corrected chi connectivity index (χ3v) is 8.02. The number of anilines is 1. The molecule has 9 heteroatoms. The number of aryl methyl sites for hydroxylation is 2. The molecule has 3 amide bonds. The zero-order valence-electron chi connectivity index (χ0n) is 19.3. The van der Waals surface area contributed by atoms with Crippen LogP contribution in [0.25, 0.3) is 0 Å². The number of amides is 3. The fourth-order valence-corrected chi connectivity index (χ4v) is 6.72. The summed E-state index contributed by atoms with van der Waals surface area (Å²) in [6.07, 6.45) is 1.13. The Morgan fingerprint density at radius 1 is 1.27 bits per heavy atom. The van der Waals surface area contributed by atoms with Crippen LogP contribution in [0.5, 0.6) is 0 Å². The minimum Gasteiger partial charge on any atom is -0.396 e. The van der Waals surface area contributed by atoms with E-state index in [1.165, 1.54) is 4.90 Å². The van der Waals surface area contributed by atoms with Crippen LogP contribution < -0.4 is 10.6 Å². The number of fused-ring (bicyclic) bond motifs is 1. The lowest BCUT2D eigenvalue weighted by molar-refractivity contribution is -0.140. The number of rotatable bonds is 8. The van der Waals surface area contributed by atoms with Gasteiger partial charge in [0.1, 0.15) is 11.6 Å². The van der Waals surface area contributed by atoms with Gasteiger partial charge in [0.25, 0.3) is 0 Å². The molecule has 6 atom stereocenters. The summed E-state index contributed by atoms with van der Waals surface area (Å²) in [6, 6.07) is 4.90. The number of alkyl halides is 1. The van der Waals surface area contributed by atoms with Gasteiger partial charge >= 0.3 is 0 Å². The molecule has 3 saturated heterocycles. The van der Waals surface area contributed by atoms with Crippen LogP contribution in [0.3, 0.4) is 0 Å². The molecule has 3 aliphatic rings. The molecule has 8 nitrogen and oxygen atoms in total. The van der Waals surface area contributed by atoms with Gasteiger partial charge in [-0.25, -0.2) is 0 Å². The molecule has 33 heavy (non-hydrogen) atoms. The molecular formula is C24H32BrN3O5. The lowest BCUT2D eigenvalue weighted by Crippen LogP contribution is -2.54. The molecule has 180 valence electrons. The van der Waals surface area contributed by atoms with E-state index in [1.807, 2.05) is 39.0 Å². The van der Waals surface area contributed by atoms with Crippen LogP contribution in [0.1, 0.15) is 37.3 Å². The highest BCUT2D eigenvalue weighted by molar-refractivity contribution is 9.09. The van der Waals surface area contributed by atoms with Crippen molar-refractivity contribution in [2.24, 2.45) is 11.8 Å². The largest absolute Gasteiger partial charge is 0.396 e. The number of likely N-dealkylation sites (tertiary alicyclic amines) is 1. The maximum atomic E-state index is 13.8. The molecule has 3 heterocycles. The Morgan fingerprint density at radius 3 is 2.61 bits per heavy atom. The molecule has 4 rings (SSSR count). The van der Waals surface area contributed by atoms with Crippen LogP contribution in [-0.2, 0) is 19.1 Å². The SMILES string of the molecule is CCCNC(=O)[C@H]1[C@H]2C(=O)N(CCCO)C(C(=O)Nc3c(C)cccc3C)C23CC(Br)[C@@H]1O3. The highest BCUT2D eigenvalue weighted by atomic mass is 79.9. The Kier molecular flexibility index (Phi) is 6.85. The summed E-state index contributed by atoms with van der Waals surface area (Å²) in [5, 5.41) is 15.4. The number of ether oxygens (including phenoxy) is 1. The molecule has 0 aromatic heterocycles. The summed E-state index contributed by atoms with van der Waals surface area (Å²) < 4.78 is 6.43. The molecule has 3 aliphatic heterocycles. The first-order valence-electron chi connectivity index (χ1n) is 11.6. The summed E-state index contributed by atoms with van der Waals surface area (Å²) in [6.45, 7) is 6.46. The summed E-state index contributed by atoms with van der Waals surface area (Å²) in [4.78, 5) is 41.9. The molecule has 0 saturated carbocycles. The Balaban J connectivity index is 1.71. The molecule has 0 radical (unpaired) electrons. The maximum Gasteiger partial charge on any atom is 0.250 e. The Bertz CT molecular complexity index is 936. The summed E-state index contributed by atoms with van der Waals surface area (Å²) in [5.41, 5.74) is 1.49. The summed E-state index contributed by atoms with van der Waals surface area (Å²) >= 11 is 3.66. The zero-order valence-corrected chi connectivity index (χ0v) is 20.9. The van der Waals surface area contributed by atoms with E-state index < -0.39 is 29.6 Å². The number of halogens is 1.